The Bertz CT molecular complexity index is 842. The predicted octanol–water partition coefficient (Wildman–Crippen LogP) is 3.59. The summed E-state index contributed by atoms with van der Waals surface area (Å²) in [6, 6.07) is 13.8. The molecule has 3 rings (SSSR count). The van der Waals surface area contributed by atoms with Crippen molar-refractivity contribution in [1.29, 1.82) is 0 Å². The summed E-state index contributed by atoms with van der Waals surface area (Å²) in [4.78, 5) is 8.49. The molecule has 0 aliphatic rings. The van der Waals surface area contributed by atoms with Gasteiger partial charge in [-0.1, -0.05) is 42.0 Å². The van der Waals surface area contributed by atoms with E-state index in [-0.39, 0.29) is 5.75 Å². The Balaban J connectivity index is 2.11. The van der Waals surface area contributed by atoms with E-state index in [1.807, 2.05) is 56.3 Å². The van der Waals surface area contributed by atoms with Crippen LogP contribution in [0.15, 0.2) is 48.8 Å². The van der Waals surface area contributed by atoms with Crippen molar-refractivity contribution in [2.45, 2.75) is 20.4 Å². The van der Waals surface area contributed by atoms with Crippen molar-refractivity contribution in [2.24, 2.45) is 5.73 Å². The second-order valence-electron chi connectivity index (χ2n) is 5.63. The SMILES string of the molecule is Cc1ccc(-c2ncnc(-c3ccc(C)c(CN)c3)c2O)cc1. The summed E-state index contributed by atoms with van der Waals surface area (Å²) in [5.74, 6) is 0.0863. The molecule has 23 heavy (non-hydrogen) atoms. The topological polar surface area (TPSA) is 72.0 Å². The van der Waals surface area contributed by atoms with E-state index in [9.17, 15) is 5.11 Å². The smallest absolute Gasteiger partial charge is 0.168 e. The van der Waals surface area contributed by atoms with E-state index in [0.717, 1.165) is 27.8 Å². The largest absolute Gasteiger partial charge is 0.504 e. The highest BCUT2D eigenvalue weighted by molar-refractivity contribution is 5.77. The summed E-state index contributed by atoms with van der Waals surface area (Å²) in [6.45, 7) is 4.50. The van der Waals surface area contributed by atoms with E-state index in [1.54, 1.807) is 0 Å². The normalized spacial score (nSPS) is 10.7. The van der Waals surface area contributed by atoms with Crippen LogP contribution in [0.1, 0.15) is 16.7 Å². The molecule has 4 heteroatoms. The average Bonchev–Trinajstić information content (AvgIpc) is 2.57. The molecule has 2 aromatic carbocycles. The molecule has 0 aliphatic heterocycles. The van der Waals surface area contributed by atoms with E-state index in [0.29, 0.717) is 17.9 Å². The molecule has 1 aromatic heterocycles. The molecule has 0 spiro atoms. The highest BCUT2D eigenvalue weighted by atomic mass is 16.3. The molecule has 0 bridgehead atoms. The van der Waals surface area contributed by atoms with Crippen LogP contribution in [0.3, 0.4) is 0 Å². The number of hydrogen-bond acceptors (Lipinski definition) is 4. The highest BCUT2D eigenvalue weighted by Gasteiger charge is 2.14. The van der Waals surface area contributed by atoms with Gasteiger partial charge in [-0.2, -0.15) is 0 Å². The molecule has 4 nitrogen and oxygen atoms in total. The van der Waals surface area contributed by atoms with Gasteiger partial charge in [-0.15, -0.1) is 0 Å². The Morgan fingerprint density at radius 1 is 0.913 bits per heavy atom. The van der Waals surface area contributed by atoms with Gasteiger partial charge in [0.05, 0.1) is 0 Å². The van der Waals surface area contributed by atoms with Gasteiger partial charge in [0.25, 0.3) is 0 Å². The van der Waals surface area contributed by atoms with Crippen molar-refractivity contribution < 1.29 is 5.11 Å². The lowest BCUT2D eigenvalue weighted by atomic mass is 10.0. The molecule has 0 unspecified atom stereocenters. The molecule has 3 N–H and O–H groups in total. The molecule has 0 fully saturated rings. The maximum absolute atomic E-state index is 10.6. The third-order valence-electron chi connectivity index (χ3n) is 3.99. The molecule has 0 saturated carbocycles. The molecule has 0 radical (unpaired) electrons. The van der Waals surface area contributed by atoms with Crippen LogP contribution in [0, 0.1) is 13.8 Å². The van der Waals surface area contributed by atoms with Gasteiger partial charge in [0.15, 0.2) is 5.75 Å². The molecule has 1 heterocycles. The monoisotopic (exact) mass is 305 g/mol. The summed E-state index contributed by atoms with van der Waals surface area (Å²) >= 11 is 0. The lowest BCUT2D eigenvalue weighted by Gasteiger charge is -2.11. The van der Waals surface area contributed by atoms with Crippen molar-refractivity contribution in [3.8, 4) is 28.3 Å². The first-order chi connectivity index (χ1) is 11.1. The van der Waals surface area contributed by atoms with Gasteiger partial charge in [0, 0.05) is 17.7 Å². The number of aromatic nitrogens is 2. The Morgan fingerprint density at radius 2 is 1.52 bits per heavy atom. The van der Waals surface area contributed by atoms with E-state index in [2.05, 4.69) is 9.97 Å². The van der Waals surface area contributed by atoms with Crippen LogP contribution in [0.4, 0.5) is 0 Å². The van der Waals surface area contributed by atoms with Crippen LogP contribution in [-0.4, -0.2) is 15.1 Å². The van der Waals surface area contributed by atoms with Crippen LogP contribution in [0.2, 0.25) is 0 Å². The number of rotatable bonds is 3. The van der Waals surface area contributed by atoms with E-state index < -0.39 is 0 Å². The first kappa shape index (κ1) is 15.2. The van der Waals surface area contributed by atoms with E-state index in [4.69, 9.17) is 5.73 Å². The minimum atomic E-state index is 0.0863. The lowest BCUT2D eigenvalue weighted by Crippen LogP contribution is -2.00. The predicted molar refractivity (Wildman–Crippen MR) is 91.9 cm³/mol. The number of aryl methyl sites for hydroxylation is 2. The molecule has 3 aromatic rings. The van der Waals surface area contributed by atoms with Crippen molar-refractivity contribution >= 4 is 0 Å². The van der Waals surface area contributed by atoms with Crippen molar-refractivity contribution in [2.75, 3.05) is 0 Å². The zero-order chi connectivity index (χ0) is 16.4. The van der Waals surface area contributed by atoms with Crippen LogP contribution in [0.5, 0.6) is 5.75 Å². The zero-order valence-corrected chi connectivity index (χ0v) is 13.2. The van der Waals surface area contributed by atoms with E-state index >= 15 is 0 Å². The number of nitrogens with two attached hydrogens (primary N) is 1. The first-order valence-electron chi connectivity index (χ1n) is 7.51. The third-order valence-corrected chi connectivity index (χ3v) is 3.99. The van der Waals surface area contributed by atoms with Gasteiger partial charge in [-0.25, -0.2) is 9.97 Å². The van der Waals surface area contributed by atoms with Crippen molar-refractivity contribution in [3.05, 3.63) is 65.5 Å². The Hall–Kier alpha value is -2.72. The van der Waals surface area contributed by atoms with Crippen molar-refractivity contribution in [3.63, 3.8) is 0 Å². The Kier molecular flexibility index (Phi) is 4.08. The van der Waals surface area contributed by atoms with Gasteiger partial charge in [-0.05, 0) is 31.0 Å². The van der Waals surface area contributed by atoms with Crippen LogP contribution in [0.25, 0.3) is 22.5 Å². The fraction of sp³-hybridized carbons (Fsp3) is 0.158. The summed E-state index contributed by atoms with van der Waals surface area (Å²) in [7, 11) is 0. The highest BCUT2D eigenvalue weighted by Crippen LogP contribution is 2.35. The molecule has 0 saturated heterocycles. The molecular weight excluding hydrogens is 286 g/mol. The Labute approximate surface area is 135 Å². The van der Waals surface area contributed by atoms with Gasteiger partial charge in [0.2, 0.25) is 0 Å². The lowest BCUT2D eigenvalue weighted by molar-refractivity contribution is 0.474. The van der Waals surface area contributed by atoms with Gasteiger partial charge in [-0.3, -0.25) is 0 Å². The van der Waals surface area contributed by atoms with E-state index in [1.165, 1.54) is 6.33 Å². The second kappa shape index (κ2) is 6.18. The fourth-order valence-electron chi connectivity index (χ4n) is 2.55. The third kappa shape index (κ3) is 2.94. The first-order valence-corrected chi connectivity index (χ1v) is 7.51. The molecular formula is C19H19N3O. The average molecular weight is 305 g/mol. The van der Waals surface area contributed by atoms with Gasteiger partial charge >= 0.3 is 0 Å². The molecule has 0 aliphatic carbocycles. The minimum Gasteiger partial charge on any atom is -0.504 e. The summed E-state index contributed by atoms with van der Waals surface area (Å²) in [5.41, 5.74) is 11.9. The van der Waals surface area contributed by atoms with Crippen LogP contribution < -0.4 is 5.73 Å². The maximum atomic E-state index is 10.6. The van der Waals surface area contributed by atoms with Gasteiger partial charge in [0.1, 0.15) is 17.7 Å². The number of nitrogens with zero attached hydrogens (tertiary/aromatic N) is 2. The van der Waals surface area contributed by atoms with Crippen LogP contribution in [-0.2, 0) is 6.54 Å². The number of benzene rings is 2. The minimum absolute atomic E-state index is 0.0863. The Morgan fingerprint density at radius 3 is 2.17 bits per heavy atom. The maximum Gasteiger partial charge on any atom is 0.168 e. The second-order valence-corrected chi connectivity index (χ2v) is 5.63. The summed E-state index contributed by atoms with van der Waals surface area (Å²) < 4.78 is 0. The quantitative estimate of drug-likeness (QED) is 0.775. The number of hydrogen-bond donors (Lipinski definition) is 2. The van der Waals surface area contributed by atoms with Gasteiger partial charge < -0.3 is 10.8 Å². The standard InChI is InChI=1S/C19H19N3O/c1-12-3-6-14(7-4-12)17-19(23)18(22-11-21-17)15-8-5-13(2)16(9-15)10-20/h3-9,11,23H,10,20H2,1-2H3. The van der Waals surface area contributed by atoms with Crippen molar-refractivity contribution in [1.82, 2.24) is 9.97 Å². The summed E-state index contributed by atoms with van der Waals surface area (Å²) in [6.07, 6.45) is 1.48. The summed E-state index contributed by atoms with van der Waals surface area (Å²) in [5, 5.41) is 10.6. The fourth-order valence-corrected chi connectivity index (χ4v) is 2.55. The number of aromatic hydroxyl groups is 1. The van der Waals surface area contributed by atoms with Crippen LogP contribution >= 0.6 is 0 Å². The molecule has 116 valence electrons. The molecule has 0 atom stereocenters. The zero-order valence-electron chi connectivity index (χ0n) is 13.2. The molecule has 0 amide bonds.